The molecule has 6 rings (SSSR count). The lowest BCUT2D eigenvalue weighted by molar-refractivity contribution is -0.408. The zero-order valence-electron chi connectivity index (χ0n) is 16.6. The molecule has 0 unspecified atom stereocenters. The second-order valence-corrected chi connectivity index (χ2v) is 10.2. The highest BCUT2D eigenvalue weighted by Crippen LogP contribution is 2.75. The van der Waals surface area contributed by atoms with Crippen LogP contribution in [0.1, 0.15) is 52.9 Å². The van der Waals surface area contributed by atoms with Gasteiger partial charge in [0.05, 0.1) is 29.1 Å². The number of rotatable bonds is 2. The quantitative estimate of drug-likeness (QED) is 0.724. The number of Topliss-reactive ketones (excluding diaryl/α,β-unsaturated/α-hetero) is 1. The number of ether oxygens (including phenoxy) is 2. The van der Waals surface area contributed by atoms with Gasteiger partial charge < -0.3 is 19.7 Å². The zero-order chi connectivity index (χ0) is 19.4. The molecule has 6 fully saturated rings. The van der Waals surface area contributed by atoms with E-state index in [1.807, 2.05) is 6.92 Å². The zero-order valence-corrected chi connectivity index (χ0v) is 16.6. The Morgan fingerprint density at radius 2 is 1.96 bits per heavy atom. The lowest BCUT2D eigenvalue weighted by Crippen LogP contribution is -2.79. The summed E-state index contributed by atoms with van der Waals surface area (Å²) in [5, 5.41) is 22.7. The molecule has 5 heteroatoms. The van der Waals surface area contributed by atoms with Crippen molar-refractivity contribution in [3.8, 4) is 0 Å². The van der Waals surface area contributed by atoms with Crippen molar-refractivity contribution >= 4 is 5.78 Å². The van der Waals surface area contributed by atoms with Gasteiger partial charge in [-0.15, -0.1) is 0 Å². The Bertz CT molecular complexity index is 701. The predicted octanol–water partition coefficient (Wildman–Crippen LogP) is 2.45. The molecular weight excluding hydrogens is 344 g/mol. The van der Waals surface area contributed by atoms with E-state index in [4.69, 9.17) is 9.47 Å². The number of ketones is 1. The Labute approximate surface area is 161 Å². The van der Waals surface area contributed by atoms with Crippen LogP contribution in [-0.4, -0.2) is 47.2 Å². The summed E-state index contributed by atoms with van der Waals surface area (Å²) in [6.45, 7) is 11.0. The Balaban J connectivity index is 1.74. The predicted molar refractivity (Wildman–Crippen MR) is 98.6 cm³/mol. The van der Waals surface area contributed by atoms with Crippen LogP contribution in [0.25, 0.3) is 0 Å². The van der Waals surface area contributed by atoms with Crippen LogP contribution >= 0.6 is 0 Å². The van der Waals surface area contributed by atoms with Crippen molar-refractivity contribution in [2.45, 2.75) is 77.5 Å². The van der Waals surface area contributed by atoms with Crippen LogP contribution in [0.15, 0.2) is 12.2 Å². The standard InChI is InChI=1S/C22H32O5/c1-5-26-19-21-13-7-6-12-11(2)17(24)22(13,18(12)25)16(27-19)10-14(21)20(3,4)9-8-15(21)23/h12-16,18-19,23,25H,2,5-10H2,1,3-4H3/t12-,13-,14+,15-,16+,18+,19-,21+,22-/m0/s1. The summed E-state index contributed by atoms with van der Waals surface area (Å²) in [5.41, 5.74) is -0.984. The number of carbonyl (C=O) groups is 1. The fourth-order valence-corrected chi connectivity index (χ4v) is 8.12. The van der Waals surface area contributed by atoms with Gasteiger partial charge in [0, 0.05) is 12.5 Å². The first-order valence-corrected chi connectivity index (χ1v) is 10.6. The van der Waals surface area contributed by atoms with Gasteiger partial charge in [-0.2, -0.15) is 0 Å². The molecule has 2 aliphatic heterocycles. The highest BCUT2D eigenvalue weighted by molar-refractivity contribution is 6.04. The number of hydrogen-bond acceptors (Lipinski definition) is 5. The molecule has 0 aromatic carbocycles. The van der Waals surface area contributed by atoms with E-state index in [1.165, 1.54) is 0 Å². The van der Waals surface area contributed by atoms with Crippen LogP contribution in [0.4, 0.5) is 0 Å². The van der Waals surface area contributed by atoms with E-state index in [-0.39, 0.29) is 35.1 Å². The first-order valence-electron chi connectivity index (χ1n) is 10.6. The molecule has 150 valence electrons. The molecule has 0 radical (unpaired) electrons. The molecule has 0 aromatic rings. The first kappa shape index (κ1) is 18.3. The van der Waals surface area contributed by atoms with Gasteiger partial charge in [0.1, 0.15) is 0 Å². The molecule has 6 aliphatic rings. The van der Waals surface area contributed by atoms with Crippen LogP contribution in [0.5, 0.6) is 0 Å². The number of aliphatic hydroxyl groups is 2. The average molecular weight is 376 g/mol. The third-order valence-corrected chi connectivity index (χ3v) is 9.13. The Morgan fingerprint density at radius 3 is 2.67 bits per heavy atom. The van der Waals surface area contributed by atoms with Crippen molar-refractivity contribution in [1.29, 1.82) is 0 Å². The summed E-state index contributed by atoms with van der Waals surface area (Å²) in [6.07, 6.45) is 1.71. The van der Waals surface area contributed by atoms with Gasteiger partial charge in [0.15, 0.2) is 12.1 Å². The monoisotopic (exact) mass is 376 g/mol. The number of fused-ring (bicyclic) bond motifs is 2. The van der Waals surface area contributed by atoms with Gasteiger partial charge in [0.25, 0.3) is 0 Å². The Morgan fingerprint density at radius 1 is 1.22 bits per heavy atom. The summed E-state index contributed by atoms with van der Waals surface area (Å²) >= 11 is 0. The molecule has 2 saturated heterocycles. The fraction of sp³-hybridized carbons (Fsp3) is 0.864. The van der Waals surface area contributed by atoms with Gasteiger partial charge in [-0.05, 0) is 61.9 Å². The summed E-state index contributed by atoms with van der Waals surface area (Å²) < 4.78 is 12.5. The maximum atomic E-state index is 13.5. The van der Waals surface area contributed by atoms with Crippen molar-refractivity contribution in [3.63, 3.8) is 0 Å². The molecule has 2 N–H and O–H groups in total. The maximum absolute atomic E-state index is 13.5. The average Bonchev–Trinajstić information content (AvgIpc) is 2.74. The smallest absolute Gasteiger partial charge is 0.170 e. The Kier molecular flexibility index (Phi) is 3.68. The minimum Gasteiger partial charge on any atom is -0.392 e. The SMILES string of the molecule is C=C1C(=O)[C@]23[C@H](O)[C@H]1CC[C@H]2[C@@]12[C@@H](OCC)O[C@@H]3C[C@@H]1C(C)(C)CC[C@@H]2O. The third-order valence-electron chi connectivity index (χ3n) is 9.13. The number of carbonyl (C=O) groups excluding carboxylic acids is 1. The second kappa shape index (κ2) is 5.44. The van der Waals surface area contributed by atoms with Crippen LogP contribution in [-0.2, 0) is 14.3 Å². The molecule has 0 amide bonds. The van der Waals surface area contributed by atoms with Crippen LogP contribution in [0.3, 0.4) is 0 Å². The highest BCUT2D eigenvalue weighted by atomic mass is 16.7. The summed E-state index contributed by atoms with van der Waals surface area (Å²) in [6, 6.07) is 0. The Hall–Kier alpha value is -0.750. The molecule has 2 heterocycles. The van der Waals surface area contributed by atoms with Crippen LogP contribution in [0, 0.1) is 34.0 Å². The molecule has 5 nitrogen and oxygen atoms in total. The molecule has 4 aliphatic carbocycles. The number of aliphatic hydroxyl groups excluding tert-OH is 2. The van der Waals surface area contributed by atoms with Gasteiger partial charge >= 0.3 is 0 Å². The third kappa shape index (κ3) is 1.79. The van der Waals surface area contributed by atoms with Crippen molar-refractivity contribution in [2.24, 2.45) is 34.0 Å². The summed E-state index contributed by atoms with van der Waals surface area (Å²) in [7, 11) is 0. The molecule has 4 saturated carbocycles. The molecule has 27 heavy (non-hydrogen) atoms. The minimum absolute atomic E-state index is 0.0177. The van der Waals surface area contributed by atoms with Gasteiger partial charge in [-0.3, -0.25) is 4.79 Å². The molecule has 2 spiro atoms. The first-order chi connectivity index (χ1) is 12.7. The van der Waals surface area contributed by atoms with E-state index in [2.05, 4.69) is 20.4 Å². The lowest BCUT2D eigenvalue weighted by atomic mass is 9.37. The normalized spacial score (nSPS) is 55.4. The van der Waals surface area contributed by atoms with Gasteiger partial charge in [0.2, 0.25) is 0 Å². The van der Waals surface area contributed by atoms with Crippen molar-refractivity contribution in [2.75, 3.05) is 6.61 Å². The molecule has 0 aromatic heterocycles. The summed E-state index contributed by atoms with van der Waals surface area (Å²) in [4.78, 5) is 13.5. The fourth-order valence-electron chi connectivity index (χ4n) is 8.12. The van der Waals surface area contributed by atoms with E-state index in [0.29, 0.717) is 25.0 Å². The van der Waals surface area contributed by atoms with Gasteiger partial charge in [-0.25, -0.2) is 0 Å². The van der Waals surface area contributed by atoms with Crippen molar-refractivity contribution in [1.82, 2.24) is 0 Å². The molecule has 4 bridgehead atoms. The minimum atomic E-state index is -0.946. The maximum Gasteiger partial charge on any atom is 0.170 e. The van der Waals surface area contributed by atoms with Crippen LogP contribution in [0.2, 0.25) is 0 Å². The van der Waals surface area contributed by atoms with E-state index >= 15 is 0 Å². The molecular formula is C22H32O5. The van der Waals surface area contributed by atoms with Crippen LogP contribution < -0.4 is 0 Å². The number of hydrogen-bond donors (Lipinski definition) is 2. The van der Waals surface area contributed by atoms with E-state index in [9.17, 15) is 15.0 Å². The highest BCUT2D eigenvalue weighted by Gasteiger charge is 2.81. The van der Waals surface area contributed by atoms with Gasteiger partial charge in [-0.1, -0.05) is 20.4 Å². The lowest BCUT2D eigenvalue weighted by Gasteiger charge is -2.73. The summed E-state index contributed by atoms with van der Waals surface area (Å²) in [5.74, 6) is -0.0848. The van der Waals surface area contributed by atoms with E-state index in [0.717, 1.165) is 19.3 Å². The second-order valence-electron chi connectivity index (χ2n) is 10.2. The van der Waals surface area contributed by atoms with E-state index < -0.39 is 29.3 Å². The van der Waals surface area contributed by atoms with Crippen molar-refractivity contribution < 1.29 is 24.5 Å². The largest absolute Gasteiger partial charge is 0.392 e. The molecule has 9 atom stereocenters. The van der Waals surface area contributed by atoms with Crippen molar-refractivity contribution in [3.05, 3.63) is 12.2 Å². The van der Waals surface area contributed by atoms with E-state index in [1.54, 1.807) is 0 Å². The topological polar surface area (TPSA) is 76.0 Å².